The fraction of sp³-hybridized carbons (Fsp3) is 0.0625. The first kappa shape index (κ1) is 18.5. The average molecular weight is 423 g/mol. The van der Waals surface area contributed by atoms with Crippen LogP contribution in [0.5, 0.6) is 5.75 Å². The predicted octanol–water partition coefficient (Wildman–Crippen LogP) is 8.09. The molecular formula is C32H22O. The molecule has 5 aromatic rings. The third-order valence-electron chi connectivity index (χ3n) is 7.36. The topological polar surface area (TPSA) is 9.23 Å². The SMILES string of the molecule is CC1(c2ccccc2)C2=C(Oc3ccc4ccccc4c3-c3ccccc32)c2ccccc21. The van der Waals surface area contributed by atoms with Crippen LogP contribution in [0, 0.1) is 0 Å². The standard InChI is InChI=1S/C32H22O/c1-32(22-12-3-2-4-13-22)27-18-10-9-17-26(27)31-30(32)25-16-8-7-15-24(25)29-23-14-6-5-11-21(23)19-20-28(29)33-31/h2-20H,1H3. The van der Waals surface area contributed by atoms with E-state index in [1.165, 1.54) is 49.7 Å². The van der Waals surface area contributed by atoms with Gasteiger partial charge in [-0.1, -0.05) is 109 Å². The quantitative estimate of drug-likeness (QED) is 0.265. The summed E-state index contributed by atoms with van der Waals surface area (Å²) in [5.41, 5.74) is 8.30. The molecule has 0 amide bonds. The van der Waals surface area contributed by atoms with Gasteiger partial charge in [0.15, 0.2) is 0 Å². The largest absolute Gasteiger partial charge is 0.456 e. The van der Waals surface area contributed by atoms with Crippen LogP contribution in [0.1, 0.15) is 29.2 Å². The smallest absolute Gasteiger partial charge is 0.140 e. The number of benzene rings is 5. The number of rotatable bonds is 1. The molecule has 5 aromatic carbocycles. The van der Waals surface area contributed by atoms with Gasteiger partial charge in [0.25, 0.3) is 0 Å². The molecule has 0 radical (unpaired) electrons. The van der Waals surface area contributed by atoms with Gasteiger partial charge in [-0.15, -0.1) is 0 Å². The van der Waals surface area contributed by atoms with Gasteiger partial charge in [0.05, 0.1) is 0 Å². The van der Waals surface area contributed by atoms with Crippen LogP contribution in [-0.4, -0.2) is 0 Å². The number of hydrogen-bond donors (Lipinski definition) is 0. The van der Waals surface area contributed by atoms with Crippen LogP contribution in [0.15, 0.2) is 115 Å². The van der Waals surface area contributed by atoms with E-state index in [1.54, 1.807) is 0 Å². The minimum Gasteiger partial charge on any atom is -0.456 e. The van der Waals surface area contributed by atoms with Crippen molar-refractivity contribution in [3.8, 4) is 16.9 Å². The Morgan fingerprint density at radius 2 is 1.24 bits per heavy atom. The fourth-order valence-corrected chi connectivity index (χ4v) is 5.83. The van der Waals surface area contributed by atoms with Crippen LogP contribution in [0.2, 0.25) is 0 Å². The Labute approximate surface area is 193 Å². The lowest BCUT2D eigenvalue weighted by atomic mass is 9.70. The fourth-order valence-electron chi connectivity index (χ4n) is 5.83. The van der Waals surface area contributed by atoms with Crippen molar-refractivity contribution in [1.82, 2.24) is 0 Å². The Morgan fingerprint density at radius 3 is 2.09 bits per heavy atom. The van der Waals surface area contributed by atoms with Crippen LogP contribution < -0.4 is 4.74 Å². The van der Waals surface area contributed by atoms with Crippen molar-refractivity contribution in [3.05, 3.63) is 138 Å². The summed E-state index contributed by atoms with van der Waals surface area (Å²) in [7, 11) is 0. The third-order valence-corrected chi connectivity index (χ3v) is 7.36. The maximum atomic E-state index is 6.89. The first-order chi connectivity index (χ1) is 16.3. The summed E-state index contributed by atoms with van der Waals surface area (Å²) in [5.74, 6) is 1.89. The van der Waals surface area contributed by atoms with E-state index in [4.69, 9.17) is 4.74 Å². The van der Waals surface area contributed by atoms with E-state index in [-0.39, 0.29) is 5.41 Å². The summed E-state index contributed by atoms with van der Waals surface area (Å²) in [5, 5.41) is 2.45. The second-order valence-corrected chi connectivity index (χ2v) is 9.05. The number of ether oxygens (including phenoxy) is 1. The summed E-state index contributed by atoms with van der Waals surface area (Å²) in [6.45, 7) is 2.34. The Kier molecular flexibility index (Phi) is 3.75. The number of fused-ring (bicyclic) bond motifs is 8. The first-order valence-electron chi connectivity index (χ1n) is 11.5. The van der Waals surface area contributed by atoms with Crippen LogP contribution in [0.4, 0.5) is 0 Å². The molecule has 0 bridgehead atoms. The summed E-state index contributed by atoms with van der Waals surface area (Å²) in [6, 6.07) is 41.2. The lowest BCUT2D eigenvalue weighted by Gasteiger charge is -2.31. The maximum Gasteiger partial charge on any atom is 0.140 e. The molecule has 0 fully saturated rings. The van der Waals surface area contributed by atoms with E-state index >= 15 is 0 Å². The van der Waals surface area contributed by atoms with E-state index < -0.39 is 0 Å². The minimum absolute atomic E-state index is 0.318. The van der Waals surface area contributed by atoms with Crippen molar-refractivity contribution in [1.29, 1.82) is 0 Å². The second-order valence-electron chi connectivity index (χ2n) is 9.05. The molecule has 0 N–H and O–H groups in total. The average Bonchev–Trinajstić information content (AvgIpc) is 3.03. The molecule has 1 heterocycles. The zero-order chi connectivity index (χ0) is 22.0. The van der Waals surface area contributed by atoms with E-state index in [0.717, 1.165) is 11.5 Å². The van der Waals surface area contributed by atoms with Crippen LogP contribution >= 0.6 is 0 Å². The molecule has 1 heteroatoms. The highest BCUT2D eigenvalue weighted by molar-refractivity contribution is 6.10. The molecule has 1 atom stereocenters. The number of hydrogen-bond acceptors (Lipinski definition) is 1. The van der Waals surface area contributed by atoms with Gasteiger partial charge in [-0.2, -0.15) is 0 Å². The van der Waals surface area contributed by atoms with E-state index in [1.807, 2.05) is 0 Å². The van der Waals surface area contributed by atoms with Crippen molar-refractivity contribution >= 4 is 22.1 Å². The Balaban J connectivity index is 1.63. The van der Waals surface area contributed by atoms with Gasteiger partial charge in [0, 0.05) is 22.1 Å². The molecule has 1 aliphatic heterocycles. The van der Waals surface area contributed by atoms with Gasteiger partial charge >= 0.3 is 0 Å². The highest BCUT2D eigenvalue weighted by Crippen LogP contribution is 2.58. The second kappa shape index (κ2) is 6.70. The van der Waals surface area contributed by atoms with Crippen LogP contribution in [0.3, 0.4) is 0 Å². The molecule has 33 heavy (non-hydrogen) atoms. The lowest BCUT2D eigenvalue weighted by molar-refractivity contribution is 0.521. The van der Waals surface area contributed by atoms with Crippen molar-refractivity contribution < 1.29 is 4.74 Å². The van der Waals surface area contributed by atoms with Gasteiger partial charge in [-0.05, 0) is 46.0 Å². The Morgan fingerprint density at radius 1 is 0.576 bits per heavy atom. The Bertz CT molecular complexity index is 1590. The van der Waals surface area contributed by atoms with Crippen molar-refractivity contribution in [2.75, 3.05) is 0 Å². The van der Waals surface area contributed by atoms with Crippen molar-refractivity contribution in [2.45, 2.75) is 12.3 Å². The summed E-state index contributed by atoms with van der Waals surface area (Å²) in [4.78, 5) is 0. The number of allylic oxidation sites excluding steroid dienone is 1. The van der Waals surface area contributed by atoms with E-state index in [0.29, 0.717) is 0 Å². The van der Waals surface area contributed by atoms with Crippen LogP contribution in [-0.2, 0) is 5.41 Å². The zero-order valence-corrected chi connectivity index (χ0v) is 18.4. The maximum absolute atomic E-state index is 6.89. The lowest BCUT2D eigenvalue weighted by Crippen LogP contribution is -2.23. The molecule has 7 rings (SSSR count). The molecule has 0 saturated carbocycles. The van der Waals surface area contributed by atoms with Crippen LogP contribution in [0.25, 0.3) is 33.2 Å². The molecule has 1 unspecified atom stereocenters. The normalized spacial score (nSPS) is 18.1. The molecule has 0 saturated heterocycles. The summed E-state index contributed by atoms with van der Waals surface area (Å²) in [6.07, 6.45) is 0. The first-order valence-corrected chi connectivity index (χ1v) is 11.5. The highest BCUT2D eigenvalue weighted by atomic mass is 16.5. The monoisotopic (exact) mass is 422 g/mol. The van der Waals surface area contributed by atoms with Crippen molar-refractivity contribution in [3.63, 3.8) is 0 Å². The van der Waals surface area contributed by atoms with Gasteiger partial charge in [-0.25, -0.2) is 0 Å². The van der Waals surface area contributed by atoms with Gasteiger partial charge in [-0.3, -0.25) is 0 Å². The minimum atomic E-state index is -0.318. The molecular weight excluding hydrogens is 400 g/mol. The summed E-state index contributed by atoms with van der Waals surface area (Å²) < 4.78 is 6.89. The predicted molar refractivity (Wildman–Crippen MR) is 136 cm³/mol. The van der Waals surface area contributed by atoms with Gasteiger partial charge < -0.3 is 4.74 Å². The molecule has 0 aromatic heterocycles. The van der Waals surface area contributed by atoms with Gasteiger partial charge in [0.2, 0.25) is 0 Å². The molecule has 1 nitrogen and oxygen atoms in total. The Hall–Kier alpha value is -4.10. The summed E-state index contributed by atoms with van der Waals surface area (Å²) >= 11 is 0. The van der Waals surface area contributed by atoms with E-state index in [2.05, 4.69) is 122 Å². The van der Waals surface area contributed by atoms with Gasteiger partial charge in [0.1, 0.15) is 11.5 Å². The molecule has 2 aliphatic rings. The molecule has 0 spiro atoms. The zero-order valence-electron chi connectivity index (χ0n) is 18.4. The highest BCUT2D eigenvalue weighted by Gasteiger charge is 2.46. The third kappa shape index (κ3) is 2.42. The van der Waals surface area contributed by atoms with Crippen molar-refractivity contribution in [2.24, 2.45) is 0 Å². The van der Waals surface area contributed by atoms with E-state index in [9.17, 15) is 0 Å². The molecule has 1 aliphatic carbocycles. The molecule has 156 valence electrons.